The molecule has 0 heterocycles. The lowest BCUT2D eigenvalue weighted by molar-refractivity contribution is 0.625. The van der Waals surface area contributed by atoms with Crippen LogP contribution in [0.4, 0.5) is 10.1 Å². The summed E-state index contributed by atoms with van der Waals surface area (Å²) in [5, 5.41) is 0. The van der Waals surface area contributed by atoms with Crippen LogP contribution in [0, 0.1) is 5.82 Å². The molecule has 18 heavy (non-hydrogen) atoms. The van der Waals surface area contributed by atoms with E-state index < -0.39 is 0 Å². The second-order valence-electron chi connectivity index (χ2n) is 3.90. The molecule has 0 saturated heterocycles. The summed E-state index contributed by atoms with van der Waals surface area (Å²) in [6, 6.07) is 6.60. The van der Waals surface area contributed by atoms with Crippen molar-refractivity contribution in [1.82, 2.24) is 5.43 Å². The molecule has 4 nitrogen and oxygen atoms in total. The van der Waals surface area contributed by atoms with Gasteiger partial charge in [-0.2, -0.15) is 0 Å². The van der Waals surface area contributed by atoms with Crippen molar-refractivity contribution in [2.75, 3.05) is 18.0 Å². The molecular formula is C13H21FN4. The number of aliphatic imine (C=N–C) groups is 1. The zero-order valence-corrected chi connectivity index (χ0v) is 11.0. The summed E-state index contributed by atoms with van der Waals surface area (Å²) in [4.78, 5) is 6.09. The number of nitrogens with one attached hydrogen (secondary N) is 1. The van der Waals surface area contributed by atoms with E-state index in [1.807, 2.05) is 6.92 Å². The Kier molecular flexibility index (Phi) is 6.14. The van der Waals surface area contributed by atoms with Crippen molar-refractivity contribution in [2.24, 2.45) is 10.8 Å². The van der Waals surface area contributed by atoms with Crippen LogP contribution in [0.1, 0.15) is 26.7 Å². The SMILES string of the molecule is CCCCN=C(NN)N(CC)c1ccccc1F. The number of benzene rings is 1. The van der Waals surface area contributed by atoms with Crippen LogP contribution in [-0.4, -0.2) is 19.0 Å². The van der Waals surface area contributed by atoms with Crippen LogP contribution in [0.15, 0.2) is 29.3 Å². The van der Waals surface area contributed by atoms with E-state index in [4.69, 9.17) is 5.84 Å². The summed E-state index contributed by atoms with van der Waals surface area (Å²) >= 11 is 0. The zero-order valence-electron chi connectivity index (χ0n) is 11.0. The third-order valence-corrected chi connectivity index (χ3v) is 2.62. The quantitative estimate of drug-likeness (QED) is 0.278. The molecule has 0 bridgehead atoms. The van der Waals surface area contributed by atoms with Crippen molar-refractivity contribution in [3.8, 4) is 0 Å². The number of nitrogens with two attached hydrogens (primary N) is 1. The standard InChI is InChI=1S/C13H21FN4/c1-3-5-10-16-13(17-15)18(4-2)12-9-7-6-8-11(12)14/h6-9H,3-5,10,15H2,1-2H3,(H,16,17). The van der Waals surface area contributed by atoms with Gasteiger partial charge in [0.15, 0.2) is 0 Å². The Balaban J connectivity index is 2.93. The number of hydrazine groups is 1. The van der Waals surface area contributed by atoms with Crippen LogP contribution in [-0.2, 0) is 0 Å². The van der Waals surface area contributed by atoms with Crippen molar-refractivity contribution in [1.29, 1.82) is 0 Å². The van der Waals surface area contributed by atoms with Gasteiger partial charge in [-0.05, 0) is 25.5 Å². The number of guanidine groups is 1. The Bertz CT molecular complexity index is 392. The molecule has 0 saturated carbocycles. The monoisotopic (exact) mass is 252 g/mol. The number of para-hydroxylation sites is 1. The summed E-state index contributed by atoms with van der Waals surface area (Å²) in [5.74, 6) is 5.69. The fourth-order valence-electron chi connectivity index (χ4n) is 1.66. The Morgan fingerprint density at radius 1 is 1.39 bits per heavy atom. The summed E-state index contributed by atoms with van der Waals surface area (Å²) in [6.45, 7) is 5.30. The summed E-state index contributed by atoms with van der Waals surface area (Å²) in [5.41, 5.74) is 3.03. The van der Waals surface area contributed by atoms with Crippen LogP contribution in [0.5, 0.6) is 0 Å². The van der Waals surface area contributed by atoms with E-state index in [0.29, 0.717) is 24.7 Å². The number of rotatable bonds is 5. The molecule has 100 valence electrons. The van der Waals surface area contributed by atoms with Gasteiger partial charge in [-0.1, -0.05) is 25.5 Å². The molecule has 0 aliphatic carbocycles. The Morgan fingerprint density at radius 3 is 2.67 bits per heavy atom. The van der Waals surface area contributed by atoms with Crippen LogP contribution in [0.25, 0.3) is 0 Å². The largest absolute Gasteiger partial charge is 0.309 e. The first kappa shape index (κ1) is 14.4. The van der Waals surface area contributed by atoms with E-state index >= 15 is 0 Å². The van der Waals surface area contributed by atoms with Gasteiger partial charge < -0.3 is 4.90 Å². The molecule has 1 aromatic carbocycles. The van der Waals surface area contributed by atoms with Crippen LogP contribution in [0.2, 0.25) is 0 Å². The number of hydrogen-bond donors (Lipinski definition) is 2. The fraction of sp³-hybridized carbons (Fsp3) is 0.462. The highest BCUT2D eigenvalue weighted by atomic mass is 19.1. The molecule has 0 aliphatic heterocycles. The van der Waals surface area contributed by atoms with Gasteiger partial charge in [-0.3, -0.25) is 10.4 Å². The first-order valence-electron chi connectivity index (χ1n) is 6.27. The van der Waals surface area contributed by atoms with Gasteiger partial charge in [-0.15, -0.1) is 0 Å². The number of halogens is 1. The van der Waals surface area contributed by atoms with Crippen molar-refractivity contribution < 1.29 is 4.39 Å². The number of unbranched alkanes of at least 4 members (excludes halogenated alkanes) is 1. The second-order valence-corrected chi connectivity index (χ2v) is 3.90. The first-order chi connectivity index (χ1) is 8.74. The zero-order chi connectivity index (χ0) is 13.4. The van der Waals surface area contributed by atoms with Crippen LogP contribution < -0.4 is 16.2 Å². The highest BCUT2D eigenvalue weighted by Crippen LogP contribution is 2.18. The highest BCUT2D eigenvalue weighted by Gasteiger charge is 2.14. The van der Waals surface area contributed by atoms with Crippen molar-refractivity contribution >= 4 is 11.6 Å². The predicted molar refractivity (Wildman–Crippen MR) is 74.0 cm³/mol. The molecule has 0 spiro atoms. The van der Waals surface area contributed by atoms with Gasteiger partial charge in [0.1, 0.15) is 5.82 Å². The molecule has 1 aromatic rings. The number of nitrogens with zero attached hydrogens (tertiary/aromatic N) is 2. The van der Waals surface area contributed by atoms with E-state index in [1.54, 1.807) is 23.1 Å². The maximum atomic E-state index is 13.7. The normalized spacial score (nSPS) is 11.4. The maximum absolute atomic E-state index is 13.7. The van der Waals surface area contributed by atoms with Gasteiger partial charge in [0.2, 0.25) is 5.96 Å². The molecule has 0 fully saturated rings. The predicted octanol–water partition coefficient (Wildman–Crippen LogP) is 2.27. The molecule has 0 unspecified atom stereocenters. The van der Waals surface area contributed by atoms with Crippen molar-refractivity contribution in [3.63, 3.8) is 0 Å². The molecule has 0 amide bonds. The third-order valence-electron chi connectivity index (χ3n) is 2.62. The lowest BCUT2D eigenvalue weighted by atomic mass is 10.3. The van der Waals surface area contributed by atoms with Gasteiger partial charge >= 0.3 is 0 Å². The Hall–Kier alpha value is -1.62. The molecule has 0 aromatic heterocycles. The first-order valence-corrected chi connectivity index (χ1v) is 6.27. The second kappa shape index (κ2) is 7.66. The minimum Gasteiger partial charge on any atom is -0.309 e. The highest BCUT2D eigenvalue weighted by molar-refractivity contribution is 5.95. The molecule has 3 N–H and O–H groups in total. The third kappa shape index (κ3) is 3.70. The van der Waals surface area contributed by atoms with Crippen LogP contribution in [0.3, 0.4) is 0 Å². The maximum Gasteiger partial charge on any atom is 0.213 e. The minimum atomic E-state index is -0.280. The summed E-state index contributed by atoms with van der Waals surface area (Å²) in [7, 11) is 0. The van der Waals surface area contributed by atoms with Gasteiger partial charge in [-0.25, -0.2) is 10.2 Å². The van der Waals surface area contributed by atoms with Gasteiger partial charge in [0.05, 0.1) is 5.69 Å². The molecule has 0 radical (unpaired) electrons. The molecule has 0 atom stereocenters. The average molecular weight is 252 g/mol. The molecule has 0 aliphatic rings. The molecular weight excluding hydrogens is 231 g/mol. The Labute approximate surface area is 108 Å². The van der Waals surface area contributed by atoms with Crippen molar-refractivity contribution in [3.05, 3.63) is 30.1 Å². The number of hydrogen-bond acceptors (Lipinski definition) is 2. The van der Waals surface area contributed by atoms with E-state index in [9.17, 15) is 4.39 Å². The fourth-order valence-corrected chi connectivity index (χ4v) is 1.66. The average Bonchev–Trinajstić information content (AvgIpc) is 2.39. The van der Waals surface area contributed by atoms with E-state index in [-0.39, 0.29) is 5.82 Å². The minimum absolute atomic E-state index is 0.280. The van der Waals surface area contributed by atoms with E-state index in [1.165, 1.54) is 6.07 Å². The smallest absolute Gasteiger partial charge is 0.213 e. The van der Waals surface area contributed by atoms with E-state index in [0.717, 1.165) is 12.8 Å². The van der Waals surface area contributed by atoms with Crippen LogP contribution >= 0.6 is 0 Å². The lowest BCUT2D eigenvalue weighted by Gasteiger charge is -2.24. The van der Waals surface area contributed by atoms with Crippen molar-refractivity contribution in [2.45, 2.75) is 26.7 Å². The molecule has 5 heteroatoms. The Morgan fingerprint density at radius 2 is 2.11 bits per heavy atom. The van der Waals surface area contributed by atoms with Gasteiger partial charge in [0, 0.05) is 13.1 Å². The summed E-state index contributed by atoms with van der Waals surface area (Å²) in [6.07, 6.45) is 2.05. The number of anilines is 1. The molecule has 1 rings (SSSR count). The van der Waals surface area contributed by atoms with Gasteiger partial charge in [0.25, 0.3) is 0 Å². The lowest BCUT2D eigenvalue weighted by Crippen LogP contribution is -2.45. The topological polar surface area (TPSA) is 53.6 Å². The summed E-state index contributed by atoms with van der Waals surface area (Å²) < 4.78 is 13.7. The van der Waals surface area contributed by atoms with E-state index in [2.05, 4.69) is 17.3 Å².